The molecular weight excluding hydrogens is 304 g/mol. The molecular formula is C16H15ClN2O3. The Morgan fingerprint density at radius 3 is 3.00 bits per heavy atom. The Balaban J connectivity index is 1.78. The lowest BCUT2D eigenvalue weighted by molar-refractivity contribution is -0.123. The molecule has 1 N–H and O–H groups in total. The summed E-state index contributed by atoms with van der Waals surface area (Å²) in [5.41, 5.74) is 3.04. The van der Waals surface area contributed by atoms with Crippen LogP contribution in [0.15, 0.2) is 58.3 Å². The molecule has 0 atom stereocenters. The largest absolute Gasteiger partial charge is 0.484 e. The maximum absolute atomic E-state index is 11.6. The number of halogens is 1. The lowest BCUT2D eigenvalue weighted by Gasteiger charge is -2.05. The van der Waals surface area contributed by atoms with Crippen LogP contribution in [0.25, 0.3) is 6.08 Å². The van der Waals surface area contributed by atoms with Gasteiger partial charge in [-0.25, -0.2) is 5.43 Å². The van der Waals surface area contributed by atoms with Gasteiger partial charge in [0.05, 0.1) is 12.0 Å². The Labute approximate surface area is 133 Å². The molecule has 0 unspecified atom stereocenters. The number of furan rings is 1. The number of carbonyl (C=O) groups is 1. The van der Waals surface area contributed by atoms with Crippen LogP contribution in [0.2, 0.25) is 5.02 Å². The summed E-state index contributed by atoms with van der Waals surface area (Å²) in [5.74, 6) is 0.886. The maximum atomic E-state index is 11.6. The number of rotatable bonds is 6. The van der Waals surface area contributed by atoms with Crippen molar-refractivity contribution < 1.29 is 13.9 Å². The first kappa shape index (κ1) is 15.9. The zero-order valence-electron chi connectivity index (χ0n) is 12.0. The summed E-state index contributed by atoms with van der Waals surface area (Å²) in [4.78, 5) is 11.6. The summed E-state index contributed by atoms with van der Waals surface area (Å²) in [5, 5.41) is 4.49. The number of nitrogens with one attached hydrogen (secondary N) is 1. The molecule has 0 saturated carbocycles. The van der Waals surface area contributed by atoms with E-state index < -0.39 is 0 Å². The number of hydrogen-bond donors (Lipinski definition) is 1. The average Bonchev–Trinajstić information content (AvgIpc) is 3.02. The van der Waals surface area contributed by atoms with Gasteiger partial charge < -0.3 is 9.15 Å². The normalized spacial score (nSPS) is 11.6. The summed E-state index contributed by atoms with van der Waals surface area (Å²) < 4.78 is 10.4. The smallest absolute Gasteiger partial charge is 0.277 e. The lowest BCUT2D eigenvalue weighted by atomic mass is 10.3. The van der Waals surface area contributed by atoms with E-state index >= 15 is 0 Å². The number of nitrogens with zero attached hydrogens (tertiary/aromatic N) is 1. The third-order valence-electron chi connectivity index (χ3n) is 2.55. The third-order valence-corrected chi connectivity index (χ3v) is 2.79. The highest BCUT2D eigenvalue weighted by Gasteiger charge is 2.02. The molecule has 2 aromatic rings. The second-order valence-corrected chi connectivity index (χ2v) is 4.82. The Morgan fingerprint density at radius 2 is 2.27 bits per heavy atom. The van der Waals surface area contributed by atoms with Gasteiger partial charge in [0, 0.05) is 5.02 Å². The van der Waals surface area contributed by atoms with E-state index in [0.29, 0.717) is 22.2 Å². The molecule has 0 aliphatic carbocycles. The number of amides is 1. The van der Waals surface area contributed by atoms with Crippen molar-refractivity contribution in [3.63, 3.8) is 0 Å². The topological polar surface area (TPSA) is 63.8 Å². The molecule has 0 saturated heterocycles. The van der Waals surface area contributed by atoms with Crippen molar-refractivity contribution in [2.45, 2.75) is 6.92 Å². The molecule has 0 bridgehead atoms. The van der Waals surface area contributed by atoms with Gasteiger partial charge in [-0.15, -0.1) is 0 Å². The van der Waals surface area contributed by atoms with Gasteiger partial charge in [-0.3, -0.25) is 4.79 Å². The second-order valence-electron chi connectivity index (χ2n) is 4.38. The molecule has 1 amide bonds. The van der Waals surface area contributed by atoms with Crippen molar-refractivity contribution >= 4 is 29.3 Å². The summed E-state index contributed by atoms with van der Waals surface area (Å²) in [6, 6.07) is 10.4. The highest BCUT2D eigenvalue weighted by molar-refractivity contribution is 6.30. The average molecular weight is 319 g/mol. The fourth-order valence-electron chi connectivity index (χ4n) is 1.51. The highest BCUT2D eigenvalue weighted by atomic mass is 35.5. The molecule has 1 aromatic carbocycles. The van der Waals surface area contributed by atoms with Crippen molar-refractivity contribution in [2.75, 3.05) is 6.61 Å². The molecule has 22 heavy (non-hydrogen) atoms. The van der Waals surface area contributed by atoms with Gasteiger partial charge in [-0.2, -0.15) is 5.10 Å². The van der Waals surface area contributed by atoms with Gasteiger partial charge in [0.25, 0.3) is 5.91 Å². The molecule has 0 aliphatic heterocycles. The molecule has 1 heterocycles. The zero-order valence-corrected chi connectivity index (χ0v) is 12.7. The number of hydrazone groups is 1. The van der Waals surface area contributed by atoms with E-state index in [1.165, 1.54) is 0 Å². The maximum Gasteiger partial charge on any atom is 0.277 e. The summed E-state index contributed by atoms with van der Waals surface area (Å²) in [7, 11) is 0. The van der Waals surface area contributed by atoms with E-state index in [0.717, 1.165) is 0 Å². The SMILES string of the molecule is CC(/C=C/c1ccco1)=N\NC(=O)COc1cccc(Cl)c1. The predicted molar refractivity (Wildman–Crippen MR) is 85.9 cm³/mol. The van der Waals surface area contributed by atoms with Crippen molar-refractivity contribution in [3.05, 3.63) is 59.5 Å². The first-order chi connectivity index (χ1) is 10.6. The molecule has 0 fully saturated rings. The van der Waals surface area contributed by atoms with Crippen molar-refractivity contribution in [3.8, 4) is 5.75 Å². The van der Waals surface area contributed by atoms with E-state index in [1.807, 2.05) is 6.07 Å². The van der Waals surface area contributed by atoms with Crippen LogP contribution >= 0.6 is 11.6 Å². The second kappa shape index (κ2) is 8.05. The van der Waals surface area contributed by atoms with Crippen molar-refractivity contribution in [1.82, 2.24) is 5.43 Å². The van der Waals surface area contributed by atoms with Crippen LogP contribution in [-0.4, -0.2) is 18.2 Å². The standard InChI is InChI=1S/C16H15ClN2O3/c1-12(7-8-14-6-3-9-21-14)18-19-16(20)11-22-15-5-2-4-13(17)10-15/h2-10H,11H2,1H3,(H,19,20)/b8-7+,18-12+. The molecule has 0 spiro atoms. The number of benzene rings is 1. The summed E-state index contributed by atoms with van der Waals surface area (Å²) in [6.07, 6.45) is 5.07. The van der Waals surface area contributed by atoms with E-state index in [2.05, 4.69) is 10.5 Å². The minimum atomic E-state index is -0.356. The van der Waals surface area contributed by atoms with Gasteiger partial charge in [-0.05, 0) is 49.4 Å². The predicted octanol–water partition coefficient (Wildman–Crippen LogP) is 3.52. The van der Waals surface area contributed by atoms with Crippen LogP contribution in [0, 0.1) is 0 Å². The number of ether oxygens (including phenoxy) is 1. The van der Waals surface area contributed by atoms with Gasteiger partial charge in [-0.1, -0.05) is 17.7 Å². The molecule has 5 nitrogen and oxygen atoms in total. The quantitative estimate of drug-likeness (QED) is 0.654. The van der Waals surface area contributed by atoms with Crippen LogP contribution in [0.1, 0.15) is 12.7 Å². The van der Waals surface area contributed by atoms with Crippen LogP contribution in [0.3, 0.4) is 0 Å². The Kier molecular flexibility index (Phi) is 5.80. The van der Waals surface area contributed by atoms with Crippen LogP contribution in [0.5, 0.6) is 5.75 Å². The molecule has 6 heteroatoms. The summed E-state index contributed by atoms with van der Waals surface area (Å²) >= 11 is 5.82. The van der Waals surface area contributed by atoms with Gasteiger partial charge in [0.1, 0.15) is 11.5 Å². The molecule has 2 rings (SSSR count). The number of carbonyl (C=O) groups excluding carboxylic acids is 1. The minimum absolute atomic E-state index is 0.140. The van der Waals surface area contributed by atoms with E-state index in [1.54, 1.807) is 55.7 Å². The van der Waals surface area contributed by atoms with Gasteiger partial charge in [0.15, 0.2) is 6.61 Å². The number of hydrogen-bond acceptors (Lipinski definition) is 4. The lowest BCUT2D eigenvalue weighted by Crippen LogP contribution is -2.25. The van der Waals surface area contributed by atoms with Crippen molar-refractivity contribution in [1.29, 1.82) is 0 Å². The highest BCUT2D eigenvalue weighted by Crippen LogP contribution is 2.16. The van der Waals surface area contributed by atoms with Crippen molar-refractivity contribution in [2.24, 2.45) is 5.10 Å². The van der Waals surface area contributed by atoms with Crippen LogP contribution in [-0.2, 0) is 4.79 Å². The minimum Gasteiger partial charge on any atom is -0.484 e. The van der Waals surface area contributed by atoms with Gasteiger partial charge in [0.2, 0.25) is 0 Å². The number of allylic oxidation sites excluding steroid dienone is 1. The Hall–Kier alpha value is -2.53. The Morgan fingerprint density at radius 1 is 1.41 bits per heavy atom. The van der Waals surface area contributed by atoms with Crippen LogP contribution < -0.4 is 10.2 Å². The summed E-state index contributed by atoms with van der Waals surface area (Å²) in [6.45, 7) is 1.62. The van der Waals surface area contributed by atoms with Crippen LogP contribution in [0.4, 0.5) is 0 Å². The van der Waals surface area contributed by atoms with E-state index in [9.17, 15) is 4.79 Å². The molecule has 0 aliphatic rings. The van der Waals surface area contributed by atoms with E-state index in [4.69, 9.17) is 20.8 Å². The van der Waals surface area contributed by atoms with E-state index in [-0.39, 0.29) is 12.5 Å². The fourth-order valence-corrected chi connectivity index (χ4v) is 1.69. The third kappa shape index (κ3) is 5.46. The fraction of sp³-hybridized carbons (Fsp3) is 0.125. The molecule has 0 radical (unpaired) electrons. The first-order valence-electron chi connectivity index (χ1n) is 6.56. The molecule has 114 valence electrons. The first-order valence-corrected chi connectivity index (χ1v) is 6.94. The zero-order chi connectivity index (χ0) is 15.8. The molecule has 1 aromatic heterocycles. The monoisotopic (exact) mass is 318 g/mol. The van der Waals surface area contributed by atoms with Gasteiger partial charge >= 0.3 is 0 Å². The Bertz CT molecular complexity index is 678.